The third-order valence-electron chi connectivity index (χ3n) is 1.92. The highest BCUT2D eigenvalue weighted by Gasteiger charge is 2.10. The molecule has 5 heteroatoms. The molecule has 1 rings (SSSR count). The van der Waals surface area contributed by atoms with Gasteiger partial charge in [-0.1, -0.05) is 0 Å². The Kier molecular flexibility index (Phi) is 4.08. The first-order chi connectivity index (χ1) is 7.04. The van der Waals surface area contributed by atoms with Gasteiger partial charge in [0.2, 0.25) is 0 Å². The van der Waals surface area contributed by atoms with Crippen molar-refractivity contribution in [2.45, 2.75) is 12.8 Å². The van der Waals surface area contributed by atoms with Gasteiger partial charge in [-0.05, 0) is 40.0 Å². The van der Waals surface area contributed by atoms with Gasteiger partial charge in [0.15, 0.2) is 0 Å². The van der Waals surface area contributed by atoms with Gasteiger partial charge in [-0.15, -0.1) is 0 Å². The predicted octanol–water partition coefficient (Wildman–Crippen LogP) is 2.61. The Morgan fingerprint density at radius 2 is 2.27 bits per heavy atom. The fourth-order valence-corrected chi connectivity index (χ4v) is 1.64. The first-order valence-electron chi connectivity index (χ1n) is 4.28. The number of hydrogen-bond donors (Lipinski definition) is 1. The van der Waals surface area contributed by atoms with Crippen molar-refractivity contribution in [3.8, 4) is 5.75 Å². The van der Waals surface area contributed by atoms with Crippen LogP contribution in [0.5, 0.6) is 5.75 Å². The Morgan fingerprint density at radius 1 is 1.60 bits per heavy atom. The van der Waals surface area contributed by atoms with Gasteiger partial charge in [0.25, 0.3) is 0 Å². The topological polar surface area (TPSA) is 46.5 Å². The highest BCUT2D eigenvalue weighted by molar-refractivity contribution is 9.10. The van der Waals surface area contributed by atoms with Crippen LogP contribution in [0.25, 0.3) is 0 Å². The highest BCUT2D eigenvalue weighted by Crippen LogP contribution is 2.26. The molecule has 0 aliphatic rings. The van der Waals surface area contributed by atoms with Gasteiger partial charge in [0.05, 0.1) is 11.6 Å². The van der Waals surface area contributed by atoms with Crippen LogP contribution in [0.15, 0.2) is 16.6 Å². The lowest BCUT2D eigenvalue weighted by atomic mass is 10.1. The maximum Gasteiger partial charge on any atom is 0.303 e. The molecule has 0 saturated carbocycles. The van der Waals surface area contributed by atoms with Crippen LogP contribution in [0.3, 0.4) is 0 Å². The number of aryl methyl sites for hydroxylation is 1. The summed E-state index contributed by atoms with van der Waals surface area (Å²) in [6.07, 6.45) is 0.0491. The minimum atomic E-state index is -0.951. The zero-order valence-corrected chi connectivity index (χ0v) is 9.67. The zero-order chi connectivity index (χ0) is 11.4. The van der Waals surface area contributed by atoms with Crippen molar-refractivity contribution >= 4 is 21.9 Å². The van der Waals surface area contributed by atoms with E-state index < -0.39 is 11.8 Å². The molecule has 3 nitrogen and oxygen atoms in total. The van der Waals surface area contributed by atoms with Crippen LogP contribution < -0.4 is 4.74 Å². The SMILES string of the molecule is COc1cc(Br)c(F)c(CCC(=O)O)c1. The molecule has 0 spiro atoms. The number of halogens is 2. The summed E-state index contributed by atoms with van der Waals surface area (Å²) in [6.45, 7) is 0. The second-order valence-corrected chi connectivity index (χ2v) is 3.83. The van der Waals surface area contributed by atoms with E-state index in [1.807, 2.05) is 0 Å². The molecule has 1 N–H and O–H groups in total. The molecule has 0 bridgehead atoms. The summed E-state index contributed by atoms with van der Waals surface area (Å²) in [7, 11) is 1.47. The molecule has 0 aromatic heterocycles. The van der Waals surface area contributed by atoms with E-state index in [1.165, 1.54) is 19.2 Å². The van der Waals surface area contributed by atoms with Crippen molar-refractivity contribution in [1.82, 2.24) is 0 Å². The van der Waals surface area contributed by atoms with E-state index >= 15 is 0 Å². The van der Waals surface area contributed by atoms with Gasteiger partial charge in [-0.2, -0.15) is 0 Å². The fourth-order valence-electron chi connectivity index (χ4n) is 1.16. The average molecular weight is 277 g/mol. The molecule has 0 heterocycles. The molecule has 82 valence electrons. The van der Waals surface area contributed by atoms with Crippen LogP contribution in [0.1, 0.15) is 12.0 Å². The Balaban J connectivity index is 2.94. The number of hydrogen-bond acceptors (Lipinski definition) is 2. The molecule has 0 aliphatic heterocycles. The smallest absolute Gasteiger partial charge is 0.303 e. The molecular weight excluding hydrogens is 267 g/mol. The van der Waals surface area contributed by atoms with E-state index in [9.17, 15) is 9.18 Å². The van der Waals surface area contributed by atoms with Gasteiger partial charge in [0.1, 0.15) is 11.6 Å². The number of ether oxygens (including phenoxy) is 1. The molecule has 0 fully saturated rings. The van der Waals surface area contributed by atoms with Gasteiger partial charge in [0, 0.05) is 6.42 Å². The summed E-state index contributed by atoms with van der Waals surface area (Å²) in [5, 5.41) is 8.50. The Bertz CT molecular complexity index is 379. The largest absolute Gasteiger partial charge is 0.497 e. The summed E-state index contributed by atoms with van der Waals surface area (Å²) in [4.78, 5) is 10.4. The van der Waals surface area contributed by atoms with Crippen LogP contribution in [0.4, 0.5) is 4.39 Å². The summed E-state index contributed by atoms with van der Waals surface area (Å²) < 4.78 is 18.7. The zero-order valence-electron chi connectivity index (χ0n) is 8.09. The van der Waals surface area contributed by atoms with Crippen LogP contribution in [0, 0.1) is 5.82 Å². The van der Waals surface area contributed by atoms with Gasteiger partial charge < -0.3 is 9.84 Å². The summed E-state index contributed by atoms with van der Waals surface area (Å²) in [6, 6.07) is 3.00. The van der Waals surface area contributed by atoms with E-state index in [4.69, 9.17) is 9.84 Å². The standard InChI is InChI=1S/C10H10BrFO3/c1-15-7-4-6(2-3-9(13)14)10(12)8(11)5-7/h4-5H,2-3H2,1H3,(H,13,14). The second kappa shape index (κ2) is 5.11. The quantitative estimate of drug-likeness (QED) is 0.920. The van der Waals surface area contributed by atoms with Gasteiger partial charge in [-0.3, -0.25) is 4.79 Å². The van der Waals surface area contributed by atoms with Crippen molar-refractivity contribution in [3.63, 3.8) is 0 Å². The molecule has 1 aromatic carbocycles. The number of carbonyl (C=O) groups is 1. The van der Waals surface area contributed by atoms with E-state index in [2.05, 4.69) is 15.9 Å². The fraction of sp³-hybridized carbons (Fsp3) is 0.300. The maximum absolute atomic E-state index is 13.5. The Labute approximate surface area is 95.0 Å². The van der Waals surface area contributed by atoms with E-state index in [-0.39, 0.29) is 17.3 Å². The van der Waals surface area contributed by atoms with E-state index in [1.54, 1.807) is 0 Å². The van der Waals surface area contributed by atoms with Crippen molar-refractivity contribution in [2.24, 2.45) is 0 Å². The van der Waals surface area contributed by atoms with Crippen molar-refractivity contribution < 1.29 is 19.0 Å². The number of methoxy groups -OCH3 is 1. The first kappa shape index (κ1) is 12.0. The van der Waals surface area contributed by atoms with E-state index in [0.29, 0.717) is 11.3 Å². The lowest BCUT2D eigenvalue weighted by Gasteiger charge is -2.07. The molecule has 1 aromatic rings. The van der Waals surface area contributed by atoms with Crippen LogP contribution in [-0.4, -0.2) is 18.2 Å². The number of carboxylic acid groups (broad SMARTS) is 1. The van der Waals surface area contributed by atoms with Crippen molar-refractivity contribution in [3.05, 3.63) is 28.0 Å². The number of rotatable bonds is 4. The van der Waals surface area contributed by atoms with Crippen LogP contribution >= 0.6 is 15.9 Å². The molecule has 15 heavy (non-hydrogen) atoms. The maximum atomic E-state index is 13.5. The normalized spacial score (nSPS) is 10.1. The number of aliphatic carboxylic acids is 1. The lowest BCUT2D eigenvalue weighted by Crippen LogP contribution is -2.00. The molecular formula is C10H10BrFO3. The van der Waals surface area contributed by atoms with Crippen molar-refractivity contribution in [1.29, 1.82) is 0 Å². The lowest BCUT2D eigenvalue weighted by molar-refractivity contribution is -0.136. The molecule has 0 amide bonds. The minimum absolute atomic E-state index is 0.101. The van der Waals surface area contributed by atoms with E-state index in [0.717, 1.165) is 0 Å². The predicted molar refractivity (Wildman–Crippen MR) is 56.6 cm³/mol. The first-order valence-corrected chi connectivity index (χ1v) is 5.07. The third-order valence-corrected chi connectivity index (χ3v) is 2.50. The molecule has 0 radical (unpaired) electrons. The summed E-state index contributed by atoms with van der Waals surface area (Å²) >= 11 is 3.04. The molecule has 0 atom stereocenters. The Morgan fingerprint density at radius 3 is 2.80 bits per heavy atom. The molecule has 0 aliphatic carbocycles. The number of benzene rings is 1. The highest BCUT2D eigenvalue weighted by atomic mass is 79.9. The van der Waals surface area contributed by atoms with Crippen LogP contribution in [-0.2, 0) is 11.2 Å². The average Bonchev–Trinajstić information content (AvgIpc) is 2.19. The summed E-state index contributed by atoms with van der Waals surface area (Å²) in [5.41, 5.74) is 0.337. The van der Waals surface area contributed by atoms with Crippen LogP contribution in [0.2, 0.25) is 0 Å². The molecule has 0 unspecified atom stereocenters. The van der Waals surface area contributed by atoms with Crippen molar-refractivity contribution in [2.75, 3.05) is 7.11 Å². The minimum Gasteiger partial charge on any atom is -0.497 e. The summed E-state index contributed by atoms with van der Waals surface area (Å²) in [5.74, 6) is -0.881. The van der Waals surface area contributed by atoms with Gasteiger partial charge >= 0.3 is 5.97 Å². The molecule has 0 saturated heterocycles. The third kappa shape index (κ3) is 3.20. The second-order valence-electron chi connectivity index (χ2n) is 2.98. The van der Waals surface area contributed by atoms with Gasteiger partial charge in [-0.25, -0.2) is 4.39 Å². The Hall–Kier alpha value is -1.10. The monoisotopic (exact) mass is 276 g/mol. The number of carboxylic acids is 1.